The average Bonchev–Trinajstić information content (AvgIpc) is 3.37. The topological polar surface area (TPSA) is 93.1 Å². The maximum Gasteiger partial charge on any atom is 0.256 e. The molecule has 0 saturated heterocycles. The summed E-state index contributed by atoms with van der Waals surface area (Å²) in [6.07, 6.45) is 3.67. The number of carbonyl (C=O) groups excluding carboxylic acids is 1. The number of aromatic nitrogens is 2. The van der Waals surface area contributed by atoms with Gasteiger partial charge in [-0.15, -0.1) is 0 Å². The SMILES string of the molecule is Cc1cc(NC(=O)c2cccc(S(=O)(=O)NC3CCCC3)c2)n(-c2ccc(F)cc2)n1. The lowest BCUT2D eigenvalue weighted by Crippen LogP contribution is -2.32. The van der Waals surface area contributed by atoms with Crippen LogP contribution in [0.15, 0.2) is 59.5 Å². The molecule has 0 atom stereocenters. The van der Waals surface area contributed by atoms with Crippen LogP contribution in [0.3, 0.4) is 0 Å². The van der Waals surface area contributed by atoms with E-state index in [0.717, 1.165) is 25.7 Å². The predicted octanol–water partition coefficient (Wildman–Crippen LogP) is 3.79. The molecule has 7 nitrogen and oxygen atoms in total. The summed E-state index contributed by atoms with van der Waals surface area (Å²) in [5.41, 5.74) is 1.46. The van der Waals surface area contributed by atoms with Gasteiger partial charge >= 0.3 is 0 Å². The molecule has 0 unspecified atom stereocenters. The van der Waals surface area contributed by atoms with E-state index in [-0.39, 0.29) is 22.3 Å². The van der Waals surface area contributed by atoms with Crippen molar-refractivity contribution in [2.24, 2.45) is 0 Å². The van der Waals surface area contributed by atoms with Gasteiger partial charge in [0.2, 0.25) is 10.0 Å². The molecule has 3 aromatic rings. The molecule has 9 heteroatoms. The Kier molecular flexibility index (Phi) is 5.88. The lowest BCUT2D eigenvalue weighted by atomic mass is 10.2. The fourth-order valence-electron chi connectivity index (χ4n) is 3.69. The normalized spacial score (nSPS) is 14.6. The van der Waals surface area contributed by atoms with Crippen molar-refractivity contribution in [2.75, 3.05) is 5.32 Å². The van der Waals surface area contributed by atoms with E-state index in [1.165, 1.54) is 28.9 Å². The van der Waals surface area contributed by atoms with Crippen molar-refractivity contribution in [3.63, 3.8) is 0 Å². The number of aryl methyl sites for hydroxylation is 1. The minimum Gasteiger partial charge on any atom is -0.306 e. The maximum absolute atomic E-state index is 13.2. The molecule has 4 rings (SSSR count). The highest BCUT2D eigenvalue weighted by molar-refractivity contribution is 7.89. The number of nitrogens with one attached hydrogen (secondary N) is 2. The number of rotatable bonds is 6. The molecule has 1 aliphatic carbocycles. The van der Waals surface area contributed by atoms with Gasteiger partial charge in [0, 0.05) is 17.7 Å². The van der Waals surface area contributed by atoms with Gasteiger partial charge in [-0.1, -0.05) is 18.9 Å². The largest absolute Gasteiger partial charge is 0.306 e. The summed E-state index contributed by atoms with van der Waals surface area (Å²) in [5, 5.41) is 7.11. The van der Waals surface area contributed by atoms with Crippen LogP contribution >= 0.6 is 0 Å². The minimum atomic E-state index is -3.71. The van der Waals surface area contributed by atoms with Crippen LogP contribution in [0.2, 0.25) is 0 Å². The van der Waals surface area contributed by atoms with Gasteiger partial charge in [-0.05, 0) is 62.2 Å². The van der Waals surface area contributed by atoms with E-state index in [4.69, 9.17) is 0 Å². The molecule has 162 valence electrons. The highest BCUT2D eigenvalue weighted by Gasteiger charge is 2.23. The predicted molar refractivity (Wildman–Crippen MR) is 115 cm³/mol. The zero-order valence-corrected chi connectivity index (χ0v) is 17.8. The Morgan fingerprint density at radius 3 is 2.52 bits per heavy atom. The Balaban J connectivity index is 1.56. The Labute approximate surface area is 180 Å². The van der Waals surface area contributed by atoms with Crippen LogP contribution in [0.5, 0.6) is 0 Å². The molecule has 1 fully saturated rings. The molecule has 2 N–H and O–H groups in total. The number of carbonyl (C=O) groups is 1. The van der Waals surface area contributed by atoms with Crippen molar-refractivity contribution in [2.45, 2.75) is 43.5 Å². The molecular formula is C22H23FN4O3S. The number of anilines is 1. The summed E-state index contributed by atoms with van der Waals surface area (Å²) in [6, 6.07) is 13.3. The maximum atomic E-state index is 13.2. The van der Waals surface area contributed by atoms with Crippen LogP contribution in [0.4, 0.5) is 10.2 Å². The highest BCUT2D eigenvalue weighted by Crippen LogP contribution is 2.22. The van der Waals surface area contributed by atoms with E-state index in [0.29, 0.717) is 17.2 Å². The molecule has 1 heterocycles. The van der Waals surface area contributed by atoms with Crippen molar-refractivity contribution in [1.82, 2.24) is 14.5 Å². The molecule has 2 aromatic carbocycles. The summed E-state index contributed by atoms with van der Waals surface area (Å²) in [7, 11) is -3.71. The first-order chi connectivity index (χ1) is 14.8. The van der Waals surface area contributed by atoms with E-state index in [2.05, 4.69) is 15.1 Å². The second-order valence-electron chi connectivity index (χ2n) is 7.64. The number of hydrogen-bond acceptors (Lipinski definition) is 4. The fourth-order valence-corrected chi connectivity index (χ4v) is 5.04. The van der Waals surface area contributed by atoms with Crippen molar-refractivity contribution in [1.29, 1.82) is 0 Å². The summed E-state index contributed by atoms with van der Waals surface area (Å²) < 4.78 is 42.9. The standard InChI is InChI=1S/C22H23FN4O3S/c1-15-13-21(27(25-15)19-11-9-17(23)10-12-19)24-22(28)16-5-4-8-20(14-16)31(29,30)26-18-6-2-3-7-18/h4-5,8-14,18,26H,2-3,6-7H2,1H3,(H,24,28). The minimum absolute atomic E-state index is 0.0512. The third-order valence-corrected chi connectivity index (χ3v) is 6.75. The van der Waals surface area contributed by atoms with Crippen molar-refractivity contribution < 1.29 is 17.6 Å². The molecule has 0 spiro atoms. The zero-order chi connectivity index (χ0) is 22.0. The van der Waals surface area contributed by atoms with Gasteiger partial charge < -0.3 is 5.32 Å². The van der Waals surface area contributed by atoms with Gasteiger partial charge in [-0.3, -0.25) is 4.79 Å². The third kappa shape index (κ3) is 4.83. The van der Waals surface area contributed by atoms with E-state index in [9.17, 15) is 17.6 Å². The fraction of sp³-hybridized carbons (Fsp3) is 0.273. The van der Waals surface area contributed by atoms with Gasteiger partial charge in [0.25, 0.3) is 5.91 Å². The average molecular weight is 443 g/mol. The first-order valence-electron chi connectivity index (χ1n) is 10.1. The number of nitrogens with zero attached hydrogens (tertiary/aromatic N) is 2. The van der Waals surface area contributed by atoms with Crippen molar-refractivity contribution in [3.8, 4) is 5.69 Å². The molecule has 0 radical (unpaired) electrons. The molecule has 0 aliphatic heterocycles. The molecule has 1 aromatic heterocycles. The van der Waals surface area contributed by atoms with Gasteiger partial charge in [-0.25, -0.2) is 22.2 Å². The molecule has 1 amide bonds. The lowest BCUT2D eigenvalue weighted by Gasteiger charge is -2.13. The van der Waals surface area contributed by atoms with Crippen LogP contribution < -0.4 is 10.0 Å². The van der Waals surface area contributed by atoms with Gasteiger partial charge in [-0.2, -0.15) is 5.10 Å². The zero-order valence-electron chi connectivity index (χ0n) is 17.0. The third-order valence-electron chi connectivity index (χ3n) is 5.23. The number of sulfonamides is 1. The Bertz CT molecular complexity index is 1200. The van der Waals surface area contributed by atoms with E-state index in [1.807, 2.05) is 0 Å². The Morgan fingerprint density at radius 1 is 1.10 bits per heavy atom. The molecule has 31 heavy (non-hydrogen) atoms. The van der Waals surface area contributed by atoms with Crippen LogP contribution in [-0.4, -0.2) is 30.1 Å². The molecular weight excluding hydrogens is 419 g/mol. The molecule has 1 saturated carbocycles. The second-order valence-corrected chi connectivity index (χ2v) is 9.36. The highest BCUT2D eigenvalue weighted by atomic mass is 32.2. The van der Waals surface area contributed by atoms with Crippen LogP contribution in [0.25, 0.3) is 5.69 Å². The quantitative estimate of drug-likeness (QED) is 0.607. The van der Waals surface area contributed by atoms with E-state index in [1.54, 1.807) is 37.3 Å². The summed E-state index contributed by atoms with van der Waals surface area (Å²) in [4.78, 5) is 12.9. The number of halogens is 1. The number of amides is 1. The van der Waals surface area contributed by atoms with Gasteiger partial charge in [0.05, 0.1) is 16.3 Å². The molecule has 0 bridgehead atoms. The molecule has 1 aliphatic rings. The van der Waals surface area contributed by atoms with Gasteiger partial charge in [0.15, 0.2) is 0 Å². The summed E-state index contributed by atoms with van der Waals surface area (Å²) >= 11 is 0. The van der Waals surface area contributed by atoms with Crippen LogP contribution in [0, 0.1) is 12.7 Å². The van der Waals surface area contributed by atoms with Crippen LogP contribution in [0.1, 0.15) is 41.7 Å². The van der Waals surface area contributed by atoms with E-state index < -0.39 is 15.9 Å². The first-order valence-corrected chi connectivity index (χ1v) is 11.6. The monoisotopic (exact) mass is 442 g/mol. The lowest BCUT2D eigenvalue weighted by molar-refractivity contribution is 0.102. The summed E-state index contributed by atoms with van der Waals surface area (Å²) in [5.74, 6) is -0.449. The van der Waals surface area contributed by atoms with Crippen LogP contribution in [-0.2, 0) is 10.0 Å². The summed E-state index contributed by atoms with van der Waals surface area (Å²) in [6.45, 7) is 1.78. The number of benzene rings is 2. The first kappa shape index (κ1) is 21.2. The van der Waals surface area contributed by atoms with Gasteiger partial charge in [0.1, 0.15) is 11.6 Å². The Morgan fingerprint density at radius 2 is 1.81 bits per heavy atom. The second kappa shape index (κ2) is 8.60. The number of hydrogen-bond donors (Lipinski definition) is 2. The Hall–Kier alpha value is -3.04. The van der Waals surface area contributed by atoms with Crippen molar-refractivity contribution in [3.05, 3.63) is 71.7 Å². The smallest absolute Gasteiger partial charge is 0.256 e. The van der Waals surface area contributed by atoms with E-state index >= 15 is 0 Å². The van der Waals surface area contributed by atoms with Crippen molar-refractivity contribution >= 4 is 21.7 Å².